The van der Waals surface area contributed by atoms with Gasteiger partial charge in [0, 0.05) is 11.6 Å². The van der Waals surface area contributed by atoms with Crippen LogP contribution in [0.2, 0.25) is 0 Å². The fourth-order valence-electron chi connectivity index (χ4n) is 2.60. The minimum atomic E-state index is -0.437. The molecule has 6 heteroatoms. The van der Waals surface area contributed by atoms with Crippen LogP contribution < -0.4 is 4.74 Å². The highest BCUT2D eigenvalue weighted by atomic mass is 16.6. The van der Waals surface area contributed by atoms with E-state index in [1.807, 2.05) is 0 Å². The van der Waals surface area contributed by atoms with E-state index in [2.05, 4.69) is 0 Å². The lowest BCUT2D eigenvalue weighted by atomic mass is 10.1. The van der Waals surface area contributed by atoms with Crippen molar-refractivity contribution in [2.24, 2.45) is 0 Å². The van der Waals surface area contributed by atoms with Crippen LogP contribution in [-0.2, 0) is 0 Å². The number of nitrogens with zero attached hydrogens (tertiary/aromatic N) is 1. The van der Waals surface area contributed by atoms with E-state index >= 15 is 0 Å². The Hall–Kier alpha value is -3.67. The third-order valence-corrected chi connectivity index (χ3v) is 4.02. The molecule has 2 aromatic carbocycles. The second kappa shape index (κ2) is 7.70. The summed E-state index contributed by atoms with van der Waals surface area (Å²) in [4.78, 5) is 23.0. The molecule has 3 rings (SSSR count). The zero-order valence-corrected chi connectivity index (χ0v) is 14.8. The number of ether oxygens (including phenoxy) is 1. The molecule has 0 atom stereocenters. The quantitative estimate of drug-likeness (QED) is 0.264. The number of allylic oxidation sites excluding steroid dienone is 1. The summed E-state index contributed by atoms with van der Waals surface area (Å²) in [6, 6.07) is 15.0. The summed E-state index contributed by atoms with van der Waals surface area (Å²) in [7, 11) is 1.56. The third kappa shape index (κ3) is 4.12. The summed E-state index contributed by atoms with van der Waals surface area (Å²) in [6.07, 6.45) is 2.93. The first-order valence-electron chi connectivity index (χ1n) is 8.19. The van der Waals surface area contributed by atoms with Gasteiger partial charge in [0.05, 0.1) is 17.6 Å². The Morgan fingerprint density at radius 3 is 2.52 bits per heavy atom. The molecule has 0 aliphatic rings. The zero-order chi connectivity index (χ0) is 19.4. The standard InChI is InChI=1S/C21H17NO5/c1-14-3-10-18(19(13-14)22(24)25)21-12-9-17(27-21)8-11-20(23)15-4-6-16(26-2)7-5-15/h3-13H,1-2H3. The minimum Gasteiger partial charge on any atom is -0.497 e. The summed E-state index contributed by atoms with van der Waals surface area (Å²) in [6.45, 7) is 1.79. The molecule has 0 saturated carbocycles. The third-order valence-electron chi connectivity index (χ3n) is 4.02. The van der Waals surface area contributed by atoms with Crippen molar-refractivity contribution in [1.29, 1.82) is 0 Å². The van der Waals surface area contributed by atoms with Gasteiger partial charge in [-0.05, 0) is 67.1 Å². The van der Waals surface area contributed by atoms with Crippen LogP contribution >= 0.6 is 0 Å². The molecular formula is C21H17NO5. The number of aryl methyl sites for hydroxylation is 1. The van der Waals surface area contributed by atoms with Crippen molar-refractivity contribution in [3.63, 3.8) is 0 Å². The molecule has 0 radical (unpaired) electrons. The molecule has 1 aromatic heterocycles. The molecule has 0 aliphatic carbocycles. The van der Waals surface area contributed by atoms with Gasteiger partial charge in [0.1, 0.15) is 17.3 Å². The molecule has 0 saturated heterocycles. The lowest BCUT2D eigenvalue weighted by Crippen LogP contribution is -1.93. The smallest absolute Gasteiger partial charge is 0.280 e. The van der Waals surface area contributed by atoms with Gasteiger partial charge in [-0.3, -0.25) is 14.9 Å². The van der Waals surface area contributed by atoms with Crippen molar-refractivity contribution < 1.29 is 18.9 Å². The van der Waals surface area contributed by atoms with Crippen LogP contribution in [0.15, 0.2) is 65.1 Å². The van der Waals surface area contributed by atoms with Gasteiger partial charge in [-0.1, -0.05) is 6.07 Å². The summed E-state index contributed by atoms with van der Waals surface area (Å²) in [5.41, 5.74) is 1.69. The second-order valence-electron chi connectivity index (χ2n) is 5.91. The first kappa shape index (κ1) is 18.1. The Bertz CT molecular complexity index is 1020. The number of rotatable bonds is 6. The van der Waals surface area contributed by atoms with Gasteiger partial charge in [-0.2, -0.15) is 0 Å². The Kier molecular flexibility index (Phi) is 5.17. The summed E-state index contributed by atoms with van der Waals surface area (Å²) in [5.74, 6) is 1.29. The molecule has 1 heterocycles. The molecule has 136 valence electrons. The normalized spacial score (nSPS) is 10.9. The highest BCUT2D eigenvalue weighted by Crippen LogP contribution is 2.32. The first-order chi connectivity index (χ1) is 13.0. The molecule has 6 nitrogen and oxygen atoms in total. The number of benzene rings is 2. The molecular weight excluding hydrogens is 346 g/mol. The summed E-state index contributed by atoms with van der Waals surface area (Å²) >= 11 is 0. The van der Waals surface area contributed by atoms with Crippen molar-refractivity contribution in [2.45, 2.75) is 6.92 Å². The molecule has 0 bridgehead atoms. The zero-order valence-electron chi connectivity index (χ0n) is 14.8. The average Bonchev–Trinajstić information content (AvgIpc) is 3.15. The van der Waals surface area contributed by atoms with Crippen LogP contribution in [0.4, 0.5) is 5.69 Å². The molecule has 0 spiro atoms. The van der Waals surface area contributed by atoms with Gasteiger partial charge in [-0.15, -0.1) is 0 Å². The number of methoxy groups -OCH3 is 1. The van der Waals surface area contributed by atoms with Crippen molar-refractivity contribution in [3.05, 3.63) is 87.7 Å². The van der Waals surface area contributed by atoms with Crippen LogP contribution in [0, 0.1) is 17.0 Å². The highest BCUT2D eigenvalue weighted by molar-refractivity contribution is 6.06. The number of carbonyl (C=O) groups is 1. The predicted octanol–water partition coefficient (Wildman–Crippen LogP) is 5.07. The number of hydrogen-bond acceptors (Lipinski definition) is 5. The first-order valence-corrected chi connectivity index (χ1v) is 8.19. The van der Waals surface area contributed by atoms with E-state index < -0.39 is 4.92 Å². The van der Waals surface area contributed by atoms with E-state index in [0.717, 1.165) is 5.56 Å². The fourth-order valence-corrected chi connectivity index (χ4v) is 2.60. The van der Waals surface area contributed by atoms with Crippen LogP contribution in [0.5, 0.6) is 5.75 Å². The SMILES string of the molecule is COc1ccc(C(=O)C=Cc2ccc(-c3ccc(C)cc3[N+](=O)[O-])o2)cc1. The van der Waals surface area contributed by atoms with Crippen molar-refractivity contribution >= 4 is 17.5 Å². The lowest BCUT2D eigenvalue weighted by Gasteiger charge is -2.01. The van der Waals surface area contributed by atoms with Crippen molar-refractivity contribution in [1.82, 2.24) is 0 Å². The Labute approximate surface area is 155 Å². The molecule has 3 aromatic rings. The van der Waals surface area contributed by atoms with Gasteiger partial charge in [0.15, 0.2) is 5.78 Å². The van der Waals surface area contributed by atoms with Crippen molar-refractivity contribution in [2.75, 3.05) is 7.11 Å². The number of carbonyl (C=O) groups excluding carboxylic acids is 1. The van der Waals surface area contributed by atoms with E-state index in [1.54, 1.807) is 62.6 Å². The van der Waals surface area contributed by atoms with E-state index in [-0.39, 0.29) is 11.5 Å². The second-order valence-corrected chi connectivity index (χ2v) is 5.91. The largest absolute Gasteiger partial charge is 0.497 e. The highest BCUT2D eigenvalue weighted by Gasteiger charge is 2.18. The van der Waals surface area contributed by atoms with Crippen molar-refractivity contribution in [3.8, 4) is 17.1 Å². The molecule has 0 aliphatic heterocycles. The van der Waals surface area contributed by atoms with Crippen LogP contribution in [0.1, 0.15) is 21.7 Å². The maximum Gasteiger partial charge on any atom is 0.280 e. The fraction of sp³-hybridized carbons (Fsp3) is 0.0952. The molecule has 0 unspecified atom stereocenters. The number of ketones is 1. The topological polar surface area (TPSA) is 82.6 Å². The predicted molar refractivity (Wildman–Crippen MR) is 102 cm³/mol. The minimum absolute atomic E-state index is 0.0193. The average molecular weight is 363 g/mol. The Morgan fingerprint density at radius 1 is 1.11 bits per heavy atom. The molecule has 27 heavy (non-hydrogen) atoms. The molecule has 0 N–H and O–H groups in total. The molecule has 0 amide bonds. The van der Waals surface area contributed by atoms with E-state index in [1.165, 1.54) is 18.2 Å². The van der Waals surface area contributed by atoms with E-state index in [0.29, 0.717) is 28.4 Å². The van der Waals surface area contributed by atoms with Gasteiger partial charge >= 0.3 is 0 Å². The van der Waals surface area contributed by atoms with Gasteiger partial charge in [0.2, 0.25) is 0 Å². The molecule has 0 fully saturated rings. The monoisotopic (exact) mass is 363 g/mol. The van der Waals surface area contributed by atoms with Crippen LogP contribution in [0.25, 0.3) is 17.4 Å². The van der Waals surface area contributed by atoms with Crippen LogP contribution in [-0.4, -0.2) is 17.8 Å². The van der Waals surface area contributed by atoms with Crippen LogP contribution in [0.3, 0.4) is 0 Å². The Morgan fingerprint density at radius 2 is 1.85 bits per heavy atom. The maximum absolute atomic E-state index is 12.2. The number of nitro groups is 1. The van der Waals surface area contributed by atoms with Gasteiger partial charge in [-0.25, -0.2) is 0 Å². The number of hydrogen-bond donors (Lipinski definition) is 0. The van der Waals surface area contributed by atoms with Gasteiger partial charge in [0.25, 0.3) is 5.69 Å². The lowest BCUT2D eigenvalue weighted by molar-refractivity contribution is -0.384. The Balaban J connectivity index is 1.81. The van der Waals surface area contributed by atoms with E-state index in [4.69, 9.17) is 9.15 Å². The number of nitro benzene ring substituents is 1. The summed E-state index contributed by atoms with van der Waals surface area (Å²) in [5, 5.41) is 11.3. The van der Waals surface area contributed by atoms with Gasteiger partial charge < -0.3 is 9.15 Å². The number of furan rings is 1. The summed E-state index contributed by atoms with van der Waals surface area (Å²) < 4.78 is 10.7. The maximum atomic E-state index is 12.2. The van der Waals surface area contributed by atoms with E-state index in [9.17, 15) is 14.9 Å².